The van der Waals surface area contributed by atoms with E-state index in [4.69, 9.17) is 9.40 Å². The zero-order chi connectivity index (χ0) is 19.7. The number of carbonyl (C=O) groups is 1. The number of rotatable bonds is 7. The summed E-state index contributed by atoms with van der Waals surface area (Å²) in [6.45, 7) is 7.66. The predicted molar refractivity (Wildman–Crippen MR) is 113 cm³/mol. The number of fused-ring (bicyclic) bond motifs is 2. The zero-order valence-corrected chi connectivity index (χ0v) is 17.2. The fourth-order valence-electron chi connectivity index (χ4n) is 3.51. The number of amides is 1. The van der Waals surface area contributed by atoms with Crippen molar-refractivity contribution in [1.29, 1.82) is 0 Å². The summed E-state index contributed by atoms with van der Waals surface area (Å²) in [6, 6.07) is 11.7. The van der Waals surface area contributed by atoms with E-state index in [0.29, 0.717) is 29.0 Å². The highest BCUT2D eigenvalue weighted by molar-refractivity contribution is 9.10. The Kier molecular flexibility index (Phi) is 5.09. The molecule has 0 saturated heterocycles. The molecule has 0 unspecified atom stereocenters. The fraction of sp³-hybridized carbons (Fsp3) is 0.238. The van der Waals surface area contributed by atoms with Crippen molar-refractivity contribution >= 4 is 44.0 Å². The number of allylic oxidation sites excluding steroid dienone is 1. The van der Waals surface area contributed by atoms with Crippen LogP contribution >= 0.6 is 15.9 Å². The van der Waals surface area contributed by atoms with Crippen molar-refractivity contribution in [2.45, 2.75) is 33.0 Å². The first-order chi connectivity index (χ1) is 13.6. The minimum Gasteiger partial charge on any atom is -0.448 e. The number of aryl methyl sites for hydroxylation is 1. The van der Waals surface area contributed by atoms with Gasteiger partial charge >= 0.3 is 0 Å². The van der Waals surface area contributed by atoms with Gasteiger partial charge in [0, 0.05) is 25.2 Å². The second-order valence-electron chi connectivity index (χ2n) is 6.58. The smallest absolute Gasteiger partial charge is 0.268 e. The Balaban J connectivity index is 1.61. The second-order valence-corrected chi connectivity index (χ2v) is 7.36. The number of imidazole rings is 1. The van der Waals surface area contributed by atoms with Crippen LogP contribution < -0.4 is 5.32 Å². The van der Waals surface area contributed by atoms with Gasteiger partial charge < -0.3 is 18.9 Å². The van der Waals surface area contributed by atoms with E-state index >= 15 is 0 Å². The summed E-state index contributed by atoms with van der Waals surface area (Å²) in [6.07, 6.45) is 2.76. The average Bonchev–Trinajstić information content (AvgIpc) is 3.32. The summed E-state index contributed by atoms with van der Waals surface area (Å²) in [4.78, 5) is 17.6. The molecule has 0 atom stereocenters. The van der Waals surface area contributed by atoms with Crippen LogP contribution in [0.4, 0.5) is 0 Å². The van der Waals surface area contributed by atoms with E-state index < -0.39 is 0 Å². The number of para-hydroxylation sites is 2. The SMILES string of the molecule is C=CCn1c(C(=O)NCc2nc3ccccc3n2CCC)cc2oc(Br)cc21. The highest BCUT2D eigenvalue weighted by atomic mass is 79.9. The number of hydrogen-bond donors (Lipinski definition) is 1. The van der Waals surface area contributed by atoms with E-state index in [1.165, 1.54) is 0 Å². The van der Waals surface area contributed by atoms with Gasteiger partial charge in [-0.3, -0.25) is 4.79 Å². The van der Waals surface area contributed by atoms with Gasteiger partial charge in [0.05, 0.1) is 23.1 Å². The van der Waals surface area contributed by atoms with Crippen LogP contribution in [0, 0.1) is 0 Å². The monoisotopic (exact) mass is 440 g/mol. The molecular weight excluding hydrogens is 420 g/mol. The van der Waals surface area contributed by atoms with Crippen molar-refractivity contribution in [2.75, 3.05) is 0 Å². The molecule has 144 valence electrons. The van der Waals surface area contributed by atoms with Crippen molar-refractivity contribution in [1.82, 2.24) is 19.4 Å². The number of nitrogens with one attached hydrogen (secondary N) is 1. The van der Waals surface area contributed by atoms with Crippen molar-refractivity contribution < 1.29 is 9.21 Å². The molecule has 0 aliphatic rings. The van der Waals surface area contributed by atoms with Crippen LogP contribution in [0.1, 0.15) is 29.7 Å². The van der Waals surface area contributed by atoms with Crippen LogP contribution in [0.15, 0.2) is 58.1 Å². The van der Waals surface area contributed by atoms with E-state index in [1.807, 2.05) is 28.8 Å². The van der Waals surface area contributed by atoms with Crippen molar-refractivity contribution in [3.8, 4) is 0 Å². The van der Waals surface area contributed by atoms with E-state index in [9.17, 15) is 4.79 Å². The summed E-state index contributed by atoms with van der Waals surface area (Å²) in [5.41, 5.74) is 4.09. The first-order valence-electron chi connectivity index (χ1n) is 9.24. The molecule has 1 amide bonds. The molecule has 7 heteroatoms. The Morgan fingerprint density at radius 2 is 2.11 bits per heavy atom. The largest absolute Gasteiger partial charge is 0.448 e. The molecule has 0 aliphatic heterocycles. The minimum absolute atomic E-state index is 0.167. The van der Waals surface area contributed by atoms with Gasteiger partial charge in [0.2, 0.25) is 0 Å². The quantitative estimate of drug-likeness (QED) is 0.416. The molecule has 28 heavy (non-hydrogen) atoms. The molecule has 0 aliphatic carbocycles. The number of carbonyl (C=O) groups excluding carboxylic acids is 1. The maximum Gasteiger partial charge on any atom is 0.268 e. The molecule has 3 aromatic heterocycles. The number of benzene rings is 1. The molecule has 0 bridgehead atoms. The van der Waals surface area contributed by atoms with Crippen molar-refractivity contribution in [2.24, 2.45) is 0 Å². The average molecular weight is 441 g/mol. The molecule has 0 spiro atoms. The Morgan fingerprint density at radius 3 is 2.89 bits per heavy atom. The van der Waals surface area contributed by atoms with Gasteiger partial charge in [-0.2, -0.15) is 0 Å². The predicted octanol–water partition coefficient (Wildman–Crippen LogP) is 4.87. The van der Waals surface area contributed by atoms with E-state index in [-0.39, 0.29) is 5.91 Å². The normalized spacial score (nSPS) is 11.4. The summed E-state index contributed by atoms with van der Waals surface area (Å²) in [5.74, 6) is 0.684. The summed E-state index contributed by atoms with van der Waals surface area (Å²) < 4.78 is 10.3. The first kappa shape index (κ1) is 18.6. The third-order valence-corrected chi connectivity index (χ3v) is 5.08. The molecule has 6 nitrogen and oxygen atoms in total. The molecule has 3 heterocycles. The standard InChI is InChI=1S/C21H21BrN4O2/c1-3-9-25-16-12-19(22)28-18(16)11-17(25)21(27)23-13-20-24-14-7-5-6-8-15(14)26(20)10-4-2/h3,5-8,11-12H,1,4,9-10,13H2,2H3,(H,23,27). The lowest BCUT2D eigenvalue weighted by Gasteiger charge is -2.10. The Morgan fingerprint density at radius 1 is 1.29 bits per heavy atom. The summed E-state index contributed by atoms with van der Waals surface area (Å²) >= 11 is 3.33. The van der Waals surface area contributed by atoms with Crippen LogP contribution in [0.2, 0.25) is 0 Å². The summed E-state index contributed by atoms with van der Waals surface area (Å²) in [5, 5.41) is 3.01. The van der Waals surface area contributed by atoms with Crippen LogP contribution in [-0.2, 0) is 19.6 Å². The van der Waals surface area contributed by atoms with E-state index in [1.54, 1.807) is 12.1 Å². The highest BCUT2D eigenvalue weighted by Crippen LogP contribution is 2.27. The number of furan rings is 1. The van der Waals surface area contributed by atoms with Crippen LogP contribution in [0.25, 0.3) is 22.1 Å². The lowest BCUT2D eigenvalue weighted by Crippen LogP contribution is -2.27. The lowest BCUT2D eigenvalue weighted by molar-refractivity contribution is 0.0941. The molecule has 4 rings (SSSR count). The molecular formula is C21H21BrN4O2. The second kappa shape index (κ2) is 7.67. The van der Waals surface area contributed by atoms with Gasteiger partial charge in [-0.1, -0.05) is 25.1 Å². The highest BCUT2D eigenvalue weighted by Gasteiger charge is 2.19. The third-order valence-electron chi connectivity index (χ3n) is 4.69. The Hall–Kier alpha value is -2.80. The molecule has 1 N–H and O–H groups in total. The van der Waals surface area contributed by atoms with Gasteiger partial charge in [-0.15, -0.1) is 6.58 Å². The van der Waals surface area contributed by atoms with E-state index in [0.717, 1.165) is 35.3 Å². The molecule has 0 fully saturated rings. The topological polar surface area (TPSA) is 65.0 Å². The maximum atomic E-state index is 12.9. The first-order valence-corrected chi connectivity index (χ1v) is 10.0. The van der Waals surface area contributed by atoms with Gasteiger partial charge in [0.15, 0.2) is 10.3 Å². The van der Waals surface area contributed by atoms with Gasteiger partial charge in [-0.05, 0) is 34.5 Å². The summed E-state index contributed by atoms with van der Waals surface area (Å²) in [7, 11) is 0. The number of aromatic nitrogens is 3. The number of hydrogen-bond acceptors (Lipinski definition) is 3. The number of nitrogens with zero attached hydrogens (tertiary/aromatic N) is 3. The Labute approximate surface area is 171 Å². The number of halogens is 1. The van der Waals surface area contributed by atoms with E-state index in [2.05, 4.69) is 45.4 Å². The minimum atomic E-state index is -0.167. The van der Waals surface area contributed by atoms with Crippen molar-refractivity contribution in [3.05, 3.63) is 65.2 Å². The lowest BCUT2D eigenvalue weighted by atomic mass is 10.3. The van der Waals surface area contributed by atoms with Gasteiger partial charge in [-0.25, -0.2) is 4.98 Å². The molecule has 0 radical (unpaired) electrons. The van der Waals surface area contributed by atoms with Gasteiger partial charge in [0.1, 0.15) is 11.5 Å². The molecule has 1 aromatic carbocycles. The van der Waals surface area contributed by atoms with Crippen molar-refractivity contribution in [3.63, 3.8) is 0 Å². The van der Waals surface area contributed by atoms with Crippen LogP contribution in [-0.4, -0.2) is 20.0 Å². The Bertz CT molecular complexity index is 1170. The third kappa shape index (κ3) is 3.26. The molecule has 0 saturated carbocycles. The van der Waals surface area contributed by atoms with Crippen LogP contribution in [0.3, 0.4) is 0 Å². The molecule has 4 aromatic rings. The van der Waals surface area contributed by atoms with Crippen LogP contribution in [0.5, 0.6) is 0 Å². The fourth-order valence-corrected chi connectivity index (χ4v) is 3.90. The maximum absolute atomic E-state index is 12.9. The van der Waals surface area contributed by atoms with Gasteiger partial charge in [0.25, 0.3) is 5.91 Å². The zero-order valence-electron chi connectivity index (χ0n) is 15.6.